The number of aryl methyl sites for hydroxylation is 3. The van der Waals surface area contributed by atoms with Crippen LogP contribution >= 0.6 is 0 Å². The summed E-state index contributed by atoms with van der Waals surface area (Å²) >= 11 is 0. The van der Waals surface area contributed by atoms with Gasteiger partial charge in [-0.25, -0.2) is 0 Å². The van der Waals surface area contributed by atoms with Gasteiger partial charge in [0.15, 0.2) is 0 Å². The number of amides is 1. The highest BCUT2D eigenvalue weighted by molar-refractivity contribution is 6.48. The molecule has 0 spiro atoms. The molecule has 0 saturated heterocycles. The maximum atomic E-state index is 12.5. The van der Waals surface area contributed by atoms with E-state index in [0.29, 0.717) is 11.3 Å². The van der Waals surface area contributed by atoms with Gasteiger partial charge in [0.1, 0.15) is 0 Å². The highest BCUT2D eigenvalue weighted by Crippen LogP contribution is 2.23. The lowest BCUT2D eigenvalue weighted by Crippen LogP contribution is -2.23. The van der Waals surface area contributed by atoms with Crippen LogP contribution < -0.4 is 5.32 Å². The Morgan fingerprint density at radius 2 is 1.65 bits per heavy atom. The van der Waals surface area contributed by atoms with E-state index in [2.05, 4.69) is 10.3 Å². The summed E-state index contributed by atoms with van der Waals surface area (Å²) in [5.41, 5.74) is 4.95. The fourth-order valence-electron chi connectivity index (χ4n) is 2.93. The zero-order valence-corrected chi connectivity index (χ0v) is 13.4. The van der Waals surface area contributed by atoms with Gasteiger partial charge in [-0.3, -0.25) is 9.59 Å². The fraction of sp³-hybridized carbons (Fsp3) is 0.158. The minimum absolute atomic E-state index is 0.389. The second-order valence-electron chi connectivity index (χ2n) is 5.80. The predicted molar refractivity (Wildman–Crippen MR) is 91.9 cm³/mol. The van der Waals surface area contributed by atoms with Gasteiger partial charge >= 0.3 is 0 Å². The molecule has 1 amide bonds. The van der Waals surface area contributed by atoms with Crippen molar-refractivity contribution in [1.82, 2.24) is 4.98 Å². The van der Waals surface area contributed by atoms with Crippen LogP contribution in [0.4, 0.5) is 5.69 Å². The molecule has 23 heavy (non-hydrogen) atoms. The Balaban J connectivity index is 1.91. The van der Waals surface area contributed by atoms with Crippen LogP contribution in [-0.4, -0.2) is 16.7 Å². The van der Waals surface area contributed by atoms with E-state index in [1.165, 1.54) is 0 Å². The van der Waals surface area contributed by atoms with Crippen LogP contribution in [0.5, 0.6) is 0 Å². The largest absolute Gasteiger partial charge is 0.360 e. The lowest BCUT2D eigenvalue weighted by atomic mass is 10.0. The first-order valence-electron chi connectivity index (χ1n) is 7.47. The molecule has 2 N–H and O–H groups in total. The molecule has 4 nitrogen and oxygen atoms in total. The number of hydrogen-bond acceptors (Lipinski definition) is 2. The number of H-pyrrole nitrogens is 1. The van der Waals surface area contributed by atoms with Crippen LogP contribution in [0.1, 0.15) is 27.0 Å². The third-order valence-electron chi connectivity index (χ3n) is 3.96. The molecule has 0 saturated carbocycles. The van der Waals surface area contributed by atoms with E-state index in [-0.39, 0.29) is 0 Å². The number of Topliss-reactive ketones (excluding diaryl/α,β-unsaturated/α-hetero) is 1. The average Bonchev–Trinajstić information content (AvgIpc) is 2.93. The van der Waals surface area contributed by atoms with Crippen LogP contribution in [0.15, 0.2) is 42.6 Å². The smallest absolute Gasteiger partial charge is 0.296 e. The number of benzene rings is 2. The van der Waals surface area contributed by atoms with E-state index in [1.807, 2.05) is 57.2 Å². The Bertz CT molecular complexity index is 899. The Morgan fingerprint density at radius 1 is 1.00 bits per heavy atom. The number of anilines is 1. The second kappa shape index (κ2) is 5.72. The zero-order chi connectivity index (χ0) is 16.6. The normalized spacial score (nSPS) is 10.7. The number of aromatic amines is 1. The van der Waals surface area contributed by atoms with Crippen molar-refractivity contribution in [3.63, 3.8) is 0 Å². The monoisotopic (exact) mass is 306 g/mol. The van der Waals surface area contributed by atoms with Crippen molar-refractivity contribution in [2.75, 3.05) is 5.32 Å². The molecule has 3 rings (SSSR count). The quantitative estimate of drug-likeness (QED) is 0.569. The minimum atomic E-state index is -0.621. The number of hydrogen-bond donors (Lipinski definition) is 2. The van der Waals surface area contributed by atoms with Crippen LogP contribution in [0.25, 0.3) is 10.9 Å². The molecule has 0 bridgehead atoms. The fourth-order valence-corrected chi connectivity index (χ4v) is 2.93. The molecule has 0 aliphatic rings. The van der Waals surface area contributed by atoms with Gasteiger partial charge in [-0.1, -0.05) is 35.9 Å². The molecule has 0 fully saturated rings. The molecule has 1 aromatic heterocycles. The first-order valence-corrected chi connectivity index (χ1v) is 7.47. The third kappa shape index (κ3) is 2.75. The number of fused-ring (bicyclic) bond motifs is 1. The zero-order valence-electron chi connectivity index (χ0n) is 13.4. The summed E-state index contributed by atoms with van der Waals surface area (Å²) in [5.74, 6) is -1.16. The number of nitrogens with one attached hydrogen (secondary N) is 2. The third-order valence-corrected chi connectivity index (χ3v) is 3.96. The van der Waals surface area contributed by atoms with Gasteiger partial charge in [-0.15, -0.1) is 0 Å². The molecule has 0 atom stereocenters. The molecular weight excluding hydrogens is 288 g/mol. The number of para-hydroxylation sites is 1. The van der Waals surface area contributed by atoms with Crippen LogP contribution in [0, 0.1) is 20.8 Å². The van der Waals surface area contributed by atoms with Gasteiger partial charge in [0.05, 0.1) is 5.56 Å². The maximum absolute atomic E-state index is 12.5. The Labute approximate surface area is 134 Å². The van der Waals surface area contributed by atoms with E-state index in [0.717, 1.165) is 27.6 Å². The van der Waals surface area contributed by atoms with Crippen molar-refractivity contribution in [2.45, 2.75) is 20.8 Å². The van der Waals surface area contributed by atoms with Gasteiger partial charge in [0, 0.05) is 22.8 Å². The van der Waals surface area contributed by atoms with Crippen LogP contribution in [-0.2, 0) is 4.79 Å². The summed E-state index contributed by atoms with van der Waals surface area (Å²) in [5, 5.41) is 3.51. The topological polar surface area (TPSA) is 62.0 Å². The van der Waals surface area contributed by atoms with Gasteiger partial charge in [-0.05, 0) is 38.0 Å². The van der Waals surface area contributed by atoms with Crippen molar-refractivity contribution in [3.05, 3.63) is 64.8 Å². The average molecular weight is 306 g/mol. The summed E-state index contributed by atoms with van der Waals surface area (Å²) in [6.45, 7) is 5.85. The van der Waals surface area contributed by atoms with Crippen molar-refractivity contribution in [1.29, 1.82) is 0 Å². The van der Waals surface area contributed by atoms with Crippen molar-refractivity contribution >= 4 is 28.3 Å². The molecule has 0 aliphatic heterocycles. The Kier molecular flexibility index (Phi) is 3.74. The van der Waals surface area contributed by atoms with Gasteiger partial charge < -0.3 is 10.3 Å². The molecule has 0 aliphatic carbocycles. The molecule has 4 heteroatoms. The van der Waals surface area contributed by atoms with Gasteiger partial charge in [0.25, 0.3) is 11.7 Å². The molecule has 116 valence electrons. The Hall–Kier alpha value is -2.88. The van der Waals surface area contributed by atoms with E-state index in [4.69, 9.17) is 0 Å². The second-order valence-corrected chi connectivity index (χ2v) is 5.80. The molecular formula is C19H18N2O2. The Morgan fingerprint density at radius 3 is 2.35 bits per heavy atom. The number of rotatable bonds is 3. The molecule has 1 heterocycles. The molecule has 3 aromatic rings. The van der Waals surface area contributed by atoms with Crippen molar-refractivity contribution in [3.8, 4) is 0 Å². The molecule has 0 radical (unpaired) electrons. The summed E-state index contributed by atoms with van der Waals surface area (Å²) < 4.78 is 0. The maximum Gasteiger partial charge on any atom is 0.296 e. The SMILES string of the molecule is Cc1cc(C)c(NC(=O)C(=O)c2c[nH]c3ccccc23)c(C)c1. The number of aromatic nitrogens is 1. The lowest BCUT2D eigenvalue weighted by Gasteiger charge is -2.12. The predicted octanol–water partition coefficient (Wildman–Crippen LogP) is 3.91. The first-order chi connectivity index (χ1) is 11.0. The van der Waals surface area contributed by atoms with Gasteiger partial charge in [-0.2, -0.15) is 0 Å². The summed E-state index contributed by atoms with van der Waals surface area (Å²) in [7, 11) is 0. The van der Waals surface area contributed by atoms with E-state index in [1.54, 1.807) is 6.20 Å². The first kappa shape index (κ1) is 15.0. The number of ketones is 1. The number of carbonyl (C=O) groups is 2. The van der Waals surface area contributed by atoms with E-state index < -0.39 is 11.7 Å². The standard InChI is InChI=1S/C19H18N2O2/c1-11-8-12(2)17(13(3)9-11)21-19(23)18(22)15-10-20-16-7-5-4-6-14(15)16/h4-10,20H,1-3H3,(H,21,23). The summed E-state index contributed by atoms with van der Waals surface area (Å²) in [6.07, 6.45) is 1.58. The minimum Gasteiger partial charge on any atom is -0.360 e. The highest BCUT2D eigenvalue weighted by Gasteiger charge is 2.21. The summed E-state index contributed by atoms with van der Waals surface area (Å²) in [4.78, 5) is 27.9. The lowest BCUT2D eigenvalue weighted by molar-refractivity contribution is -0.112. The van der Waals surface area contributed by atoms with E-state index >= 15 is 0 Å². The van der Waals surface area contributed by atoms with Crippen molar-refractivity contribution < 1.29 is 9.59 Å². The van der Waals surface area contributed by atoms with Crippen LogP contribution in [0.3, 0.4) is 0 Å². The molecule has 0 unspecified atom stereocenters. The number of carbonyl (C=O) groups excluding carboxylic acids is 2. The van der Waals surface area contributed by atoms with Crippen molar-refractivity contribution in [2.24, 2.45) is 0 Å². The molecule has 2 aromatic carbocycles. The van der Waals surface area contributed by atoms with Crippen LogP contribution in [0.2, 0.25) is 0 Å². The summed E-state index contributed by atoms with van der Waals surface area (Å²) in [6, 6.07) is 11.4. The highest BCUT2D eigenvalue weighted by atomic mass is 16.2. The van der Waals surface area contributed by atoms with Gasteiger partial charge in [0.2, 0.25) is 0 Å². The van der Waals surface area contributed by atoms with E-state index in [9.17, 15) is 9.59 Å².